The van der Waals surface area contributed by atoms with E-state index in [1.807, 2.05) is 6.20 Å². The molecule has 160 valence electrons. The number of hydrogen-bond acceptors (Lipinski definition) is 3. The number of alkyl halides is 3. The van der Waals surface area contributed by atoms with Crippen molar-refractivity contribution in [2.75, 3.05) is 6.54 Å². The van der Waals surface area contributed by atoms with Gasteiger partial charge in [-0.05, 0) is 69.2 Å². The summed E-state index contributed by atoms with van der Waals surface area (Å²) in [6, 6.07) is 9.98. The summed E-state index contributed by atoms with van der Waals surface area (Å²) in [6.07, 6.45) is -2.55. The Morgan fingerprint density at radius 3 is 2.50 bits per heavy atom. The van der Waals surface area contributed by atoms with Crippen LogP contribution in [0.3, 0.4) is 0 Å². The van der Waals surface area contributed by atoms with E-state index < -0.39 is 23.4 Å². The summed E-state index contributed by atoms with van der Waals surface area (Å²) in [5, 5.41) is 3.57. The number of benzene rings is 2. The van der Waals surface area contributed by atoms with Gasteiger partial charge in [0.1, 0.15) is 17.1 Å². The highest BCUT2D eigenvalue weighted by Gasteiger charge is 2.30. The van der Waals surface area contributed by atoms with Crippen molar-refractivity contribution in [3.8, 4) is 11.5 Å². The van der Waals surface area contributed by atoms with Gasteiger partial charge in [-0.25, -0.2) is 4.79 Å². The summed E-state index contributed by atoms with van der Waals surface area (Å²) in [7, 11) is 0. The van der Waals surface area contributed by atoms with Crippen molar-refractivity contribution < 1.29 is 27.4 Å². The van der Waals surface area contributed by atoms with Crippen LogP contribution in [0.15, 0.2) is 48.7 Å². The molecule has 0 spiro atoms. The third-order valence-corrected chi connectivity index (χ3v) is 4.20. The molecular formula is C22H23F3N2O3. The van der Waals surface area contributed by atoms with E-state index in [-0.39, 0.29) is 5.75 Å². The largest absolute Gasteiger partial charge is 0.457 e. The molecule has 1 amide bonds. The molecule has 2 N–H and O–H groups in total. The molecule has 0 saturated carbocycles. The maximum Gasteiger partial charge on any atom is 0.416 e. The number of hydrogen-bond donors (Lipinski definition) is 2. The fourth-order valence-electron chi connectivity index (χ4n) is 2.91. The topological polar surface area (TPSA) is 63.3 Å². The first-order chi connectivity index (χ1) is 14.0. The van der Waals surface area contributed by atoms with Crippen LogP contribution in [0.25, 0.3) is 10.9 Å². The third-order valence-electron chi connectivity index (χ3n) is 4.20. The normalized spacial score (nSPS) is 12.1. The van der Waals surface area contributed by atoms with Crippen LogP contribution in [0, 0.1) is 0 Å². The first kappa shape index (κ1) is 21.5. The third kappa shape index (κ3) is 5.68. The minimum Gasteiger partial charge on any atom is -0.457 e. The molecule has 0 unspecified atom stereocenters. The average Bonchev–Trinajstić information content (AvgIpc) is 3.02. The van der Waals surface area contributed by atoms with E-state index in [2.05, 4.69) is 10.3 Å². The maximum atomic E-state index is 12.9. The van der Waals surface area contributed by atoms with E-state index in [1.54, 1.807) is 39.0 Å². The van der Waals surface area contributed by atoms with E-state index in [4.69, 9.17) is 9.47 Å². The van der Waals surface area contributed by atoms with Gasteiger partial charge in [-0.15, -0.1) is 0 Å². The van der Waals surface area contributed by atoms with Gasteiger partial charge in [0.25, 0.3) is 0 Å². The Hall–Kier alpha value is -3.16. The summed E-state index contributed by atoms with van der Waals surface area (Å²) < 4.78 is 49.5. The first-order valence-corrected chi connectivity index (χ1v) is 9.43. The average molecular weight is 420 g/mol. The minimum atomic E-state index is -4.43. The van der Waals surface area contributed by atoms with Crippen molar-refractivity contribution in [3.05, 3.63) is 59.8 Å². The van der Waals surface area contributed by atoms with Gasteiger partial charge in [0.2, 0.25) is 0 Å². The lowest BCUT2D eigenvalue weighted by Crippen LogP contribution is -2.33. The van der Waals surface area contributed by atoms with Crippen LogP contribution in [0.4, 0.5) is 18.0 Å². The van der Waals surface area contributed by atoms with E-state index in [9.17, 15) is 18.0 Å². The predicted octanol–water partition coefficient (Wildman–Crippen LogP) is 6.05. The number of carbonyl (C=O) groups excluding carboxylic acids is 1. The number of fused-ring (bicyclic) bond motifs is 1. The molecule has 1 heterocycles. The van der Waals surface area contributed by atoms with E-state index in [1.165, 1.54) is 12.1 Å². The smallest absolute Gasteiger partial charge is 0.416 e. The lowest BCUT2D eigenvalue weighted by Gasteiger charge is -2.19. The fourth-order valence-corrected chi connectivity index (χ4v) is 2.91. The zero-order chi connectivity index (χ0) is 21.9. The van der Waals surface area contributed by atoms with Gasteiger partial charge in [-0.2, -0.15) is 13.2 Å². The van der Waals surface area contributed by atoms with Crippen LogP contribution in [-0.4, -0.2) is 23.2 Å². The molecule has 3 aromatic rings. The second-order valence-corrected chi connectivity index (χ2v) is 7.83. The standard InChI is InChI=1S/C22H23F3N2O3/c1-21(2,3)30-20(28)26-10-9-14-13-27-19-8-7-17(12-18(14)19)29-16-6-4-5-15(11-16)22(23,24)25/h4-8,11-13,27H,9-10H2,1-3H3,(H,26,28). The molecule has 0 aliphatic heterocycles. The van der Waals surface area contributed by atoms with Gasteiger partial charge in [0.05, 0.1) is 5.56 Å². The molecule has 30 heavy (non-hydrogen) atoms. The zero-order valence-corrected chi connectivity index (χ0v) is 16.9. The molecule has 0 radical (unpaired) electrons. The van der Waals surface area contributed by atoms with Gasteiger partial charge in [0, 0.05) is 23.6 Å². The van der Waals surface area contributed by atoms with Crippen LogP contribution in [0.2, 0.25) is 0 Å². The Labute approximate surface area is 172 Å². The van der Waals surface area contributed by atoms with Crippen molar-refractivity contribution in [3.63, 3.8) is 0 Å². The molecule has 0 aliphatic carbocycles. The summed E-state index contributed by atoms with van der Waals surface area (Å²) >= 11 is 0. The Kier molecular flexibility index (Phi) is 5.96. The molecule has 0 fully saturated rings. The number of halogens is 3. The molecule has 5 nitrogen and oxygen atoms in total. The number of carbonyl (C=O) groups is 1. The monoisotopic (exact) mass is 420 g/mol. The molecule has 0 atom stereocenters. The number of aromatic amines is 1. The van der Waals surface area contributed by atoms with E-state index in [0.29, 0.717) is 18.7 Å². The first-order valence-electron chi connectivity index (χ1n) is 9.43. The summed E-state index contributed by atoms with van der Waals surface area (Å²) in [6.45, 7) is 5.75. The van der Waals surface area contributed by atoms with Crippen molar-refractivity contribution in [2.45, 2.75) is 39.0 Å². The SMILES string of the molecule is CC(C)(C)OC(=O)NCCc1c[nH]c2ccc(Oc3cccc(C(F)(F)F)c3)cc12. The molecule has 8 heteroatoms. The van der Waals surface area contributed by atoms with Gasteiger partial charge in [-0.1, -0.05) is 6.07 Å². The van der Waals surface area contributed by atoms with Crippen molar-refractivity contribution in [2.24, 2.45) is 0 Å². The predicted molar refractivity (Wildman–Crippen MR) is 108 cm³/mol. The highest BCUT2D eigenvalue weighted by Crippen LogP contribution is 2.33. The quantitative estimate of drug-likeness (QED) is 0.528. The zero-order valence-electron chi connectivity index (χ0n) is 16.9. The lowest BCUT2D eigenvalue weighted by molar-refractivity contribution is -0.137. The second-order valence-electron chi connectivity index (χ2n) is 7.83. The highest BCUT2D eigenvalue weighted by atomic mass is 19.4. The van der Waals surface area contributed by atoms with Crippen LogP contribution in [-0.2, 0) is 17.3 Å². The number of nitrogens with one attached hydrogen (secondary N) is 2. The molecule has 0 bridgehead atoms. The van der Waals surface area contributed by atoms with Crippen molar-refractivity contribution in [1.82, 2.24) is 10.3 Å². The summed E-state index contributed by atoms with van der Waals surface area (Å²) in [5.41, 5.74) is 0.464. The van der Waals surface area contributed by atoms with Crippen LogP contribution in [0.5, 0.6) is 11.5 Å². The molecule has 1 aromatic heterocycles. The summed E-state index contributed by atoms with van der Waals surface area (Å²) in [4.78, 5) is 14.9. The molecule has 0 aliphatic rings. The minimum absolute atomic E-state index is 0.104. The second kappa shape index (κ2) is 8.30. The van der Waals surface area contributed by atoms with E-state index >= 15 is 0 Å². The Morgan fingerprint density at radius 1 is 1.07 bits per heavy atom. The molecular weight excluding hydrogens is 397 g/mol. The Balaban J connectivity index is 1.70. The number of aromatic nitrogens is 1. The van der Waals surface area contributed by atoms with Gasteiger partial charge < -0.3 is 19.8 Å². The summed E-state index contributed by atoms with van der Waals surface area (Å²) in [5.74, 6) is 0.524. The van der Waals surface area contributed by atoms with Gasteiger partial charge >= 0.3 is 12.3 Å². The fraction of sp³-hybridized carbons (Fsp3) is 0.318. The van der Waals surface area contributed by atoms with Crippen LogP contribution in [0.1, 0.15) is 31.9 Å². The van der Waals surface area contributed by atoms with Gasteiger partial charge in [-0.3, -0.25) is 0 Å². The molecule has 2 aromatic carbocycles. The lowest BCUT2D eigenvalue weighted by atomic mass is 10.1. The van der Waals surface area contributed by atoms with Crippen LogP contribution < -0.4 is 10.1 Å². The van der Waals surface area contributed by atoms with Gasteiger partial charge in [0.15, 0.2) is 0 Å². The van der Waals surface area contributed by atoms with Crippen LogP contribution >= 0.6 is 0 Å². The number of alkyl carbamates (subject to hydrolysis) is 1. The molecule has 3 rings (SSSR count). The number of amides is 1. The van der Waals surface area contributed by atoms with Crippen molar-refractivity contribution in [1.29, 1.82) is 0 Å². The van der Waals surface area contributed by atoms with E-state index in [0.717, 1.165) is 28.6 Å². The Bertz CT molecular complexity index is 1040. The number of H-pyrrole nitrogens is 1. The molecule has 0 saturated heterocycles. The number of rotatable bonds is 5. The Morgan fingerprint density at radius 2 is 1.80 bits per heavy atom. The highest BCUT2D eigenvalue weighted by molar-refractivity contribution is 5.84. The maximum absolute atomic E-state index is 12.9. The van der Waals surface area contributed by atoms with Crippen molar-refractivity contribution >= 4 is 17.0 Å². The number of ether oxygens (including phenoxy) is 2.